The molecule has 2 aromatic heterocycles. The number of para-hydroxylation sites is 1. The lowest BCUT2D eigenvalue weighted by atomic mass is 10.1. The van der Waals surface area contributed by atoms with Gasteiger partial charge < -0.3 is 0 Å². The van der Waals surface area contributed by atoms with E-state index in [0.717, 1.165) is 41.2 Å². The van der Waals surface area contributed by atoms with E-state index in [1.807, 2.05) is 42.5 Å². The Morgan fingerprint density at radius 1 is 1.00 bits per heavy atom. The average Bonchev–Trinajstić information content (AvgIpc) is 2.60. The van der Waals surface area contributed by atoms with Gasteiger partial charge in [-0.3, -0.25) is 9.20 Å². The van der Waals surface area contributed by atoms with Crippen LogP contribution in [0.4, 0.5) is 0 Å². The van der Waals surface area contributed by atoms with Gasteiger partial charge in [0.05, 0.1) is 10.9 Å². The van der Waals surface area contributed by atoms with Crippen molar-refractivity contribution < 1.29 is 0 Å². The van der Waals surface area contributed by atoms with Gasteiger partial charge in [0.1, 0.15) is 5.65 Å². The Balaban J connectivity index is 2.24. The third-order valence-corrected chi connectivity index (χ3v) is 4.39. The van der Waals surface area contributed by atoms with E-state index in [4.69, 9.17) is 0 Å². The quantitative estimate of drug-likeness (QED) is 0.527. The lowest BCUT2D eigenvalue weighted by Gasteiger charge is -2.14. The molecule has 0 atom stereocenters. The van der Waals surface area contributed by atoms with Crippen molar-refractivity contribution >= 4 is 27.3 Å². The summed E-state index contributed by atoms with van der Waals surface area (Å²) in [5.74, 6) is 0. The first-order valence-electron chi connectivity index (χ1n) is 8.11. The van der Waals surface area contributed by atoms with Gasteiger partial charge in [-0.05, 0) is 36.4 Å². The highest BCUT2D eigenvalue weighted by atomic mass is 16.1. The van der Waals surface area contributed by atoms with E-state index in [0.29, 0.717) is 5.39 Å². The Morgan fingerprint density at radius 3 is 2.57 bits per heavy atom. The van der Waals surface area contributed by atoms with Crippen molar-refractivity contribution in [1.82, 2.24) is 9.38 Å². The summed E-state index contributed by atoms with van der Waals surface area (Å²) in [7, 11) is 0. The number of unbranched alkanes of at least 4 members (excludes halogenated alkanes) is 1. The van der Waals surface area contributed by atoms with E-state index in [-0.39, 0.29) is 5.56 Å². The first-order chi connectivity index (χ1) is 11.3. The molecule has 3 nitrogen and oxygen atoms in total. The number of nitrogens with zero attached hydrogens (tertiary/aromatic N) is 2. The van der Waals surface area contributed by atoms with E-state index in [1.54, 1.807) is 0 Å². The predicted octanol–water partition coefficient (Wildman–Crippen LogP) is 4.34. The van der Waals surface area contributed by atoms with Gasteiger partial charge in [-0.2, -0.15) is 4.98 Å². The van der Waals surface area contributed by atoms with Crippen molar-refractivity contribution in [3.05, 3.63) is 70.6 Å². The highest BCUT2D eigenvalue weighted by Gasteiger charge is 2.11. The van der Waals surface area contributed by atoms with Crippen LogP contribution in [0.1, 0.15) is 25.5 Å². The maximum atomic E-state index is 12.4. The van der Waals surface area contributed by atoms with Crippen molar-refractivity contribution in [1.29, 1.82) is 0 Å². The molecule has 0 radical (unpaired) electrons. The Bertz CT molecular complexity index is 1080. The normalized spacial score (nSPS) is 11.5. The second-order valence-corrected chi connectivity index (χ2v) is 5.92. The molecule has 0 N–H and O–H groups in total. The minimum Gasteiger partial charge on any atom is -0.297 e. The van der Waals surface area contributed by atoms with E-state index in [9.17, 15) is 4.79 Å². The number of benzene rings is 2. The molecule has 2 aromatic carbocycles. The van der Waals surface area contributed by atoms with Gasteiger partial charge in [-0.15, -0.1) is 0 Å². The molecule has 0 unspecified atom stereocenters. The lowest BCUT2D eigenvalue weighted by Crippen LogP contribution is -2.13. The summed E-state index contributed by atoms with van der Waals surface area (Å²) < 4.78 is 2.16. The summed E-state index contributed by atoms with van der Waals surface area (Å²) in [4.78, 5) is 16.8. The number of hydrogen-bond acceptors (Lipinski definition) is 2. The first kappa shape index (κ1) is 13.9. The van der Waals surface area contributed by atoms with E-state index >= 15 is 0 Å². The number of pyridine rings is 1. The summed E-state index contributed by atoms with van der Waals surface area (Å²) >= 11 is 0. The van der Waals surface area contributed by atoms with Crippen LogP contribution in [-0.4, -0.2) is 9.38 Å². The Hall–Kier alpha value is -2.68. The zero-order valence-electron chi connectivity index (χ0n) is 13.1. The SMILES string of the molecule is CCCCc1cc2ccccc2c2nc(=O)c3ccccc3n12. The molecular formula is C20H18N2O. The van der Waals surface area contributed by atoms with Crippen LogP contribution in [0, 0.1) is 0 Å². The molecular weight excluding hydrogens is 284 g/mol. The fourth-order valence-corrected chi connectivity index (χ4v) is 3.25. The highest BCUT2D eigenvalue weighted by Crippen LogP contribution is 2.24. The summed E-state index contributed by atoms with van der Waals surface area (Å²) in [6, 6.07) is 18.1. The lowest BCUT2D eigenvalue weighted by molar-refractivity contribution is 0.770. The molecule has 0 fully saturated rings. The Morgan fingerprint density at radius 2 is 1.74 bits per heavy atom. The summed E-state index contributed by atoms with van der Waals surface area (Å²) in [6.45, 7) is 2.19. The van der Waals surface area contributed by atoms with Gasteiger partial charge in [0.2, 0.25) is 0 Å². The second-order valence-electron chi connectivity index (χ2n) is 5.92. The molecule has 0 aliphatic rings. The summed E-state index contributed by atoms with van der Waals surface area (Å²) in [5.41, 5.74) is 2.76. The molecule has 0 saturated heterocycles. The number of hydrogen-bond donors (Lipinski definition) is 0. The average molecular weight is 302 g/mol. The van der Waals surface area contributed by atoms with Crippen molar-refractivity contribution in [3.63, 3.8) is 0 Å². The molecule has 4 rings (SSSR count). The topological polar surface area (TPSA) is 34.4 Å². The highest BCUT2D eigenvalue weighted by molar-refractivity contribution is 5.97. The number of aromatic nitrogens is 2. The van der Waals surface area contributed by atoms with Crippen LogP contribution in [0.3, 0.4) is 0 Å². The van der Waals surface area contributed by atoms with Gasteiger partial charge in [-0.1, -0.05) is 49.7 Å². The molecule has 0 saturated carbocycles. The fraction of sp³-hybridized carbons (Fsp3) is 0.200. The monoisotopic (exact) mass is 302 g/mol. The molecule has 114 valence electrons. The van der Waals surface area contributed by atoms with Crippen LogP contribution in [0.25, 0.3) is 27.3 Å². The van der Waals surface area contributed by atoms with E-state index in [2.05, 4.69) is 28.4 Å². The predicted molar refractivity (Wildman–Crippen MR) is 95.1 cm³/mol. The zero-order valence-corrected chi connectivity index (χ0v) is 13.1. The summed E-state index contributed by atoms with van der Waals surface area (Å²) in [6.07, 6.45) is 3.24. The zero-order chi connectivity index (χ0) is 15.8. The molecule has 4 aromatic rings. The minimum absolute atomic E-state index is 0.154. The van der Waals surface area contributed by atoms with Crippen molar-refractivity contribution in [2.24, 2.45) is 0 Å². The van der Waals surface area contributed by atoms with Gasteiger partial charge >= 0.3 is 0 Å². The van der Waals surface area contributed by atoms with Crippen LogP contribution < -0.4 is 5.56 Å². The Kier molecular flexibility index (Phi) is 3.34. The smallest absolute Gasteiger partial charge is 0.281 e. The Labute approximate surface area is 134 Å². The third kappa shape index (κ3) is 2.20. The maximum Gasteiger partial charge on any atom is 0.281 e. The van der Waals surface area contributed by atoms with Crippen molar-refractivity contribution in [2.75, 3.05) is 0 Å². The minimum atomic E-state index is -0.154. The number of rotatable bonds is 3. The summed E-state index contributed by atoms with van der Waals surface area (Å²) in [5, 5.41) is 2.84. The molecule has 23 heavy (non-hydrogen) atoms. The molecule has 0 aliphatic carbocycles. The van der Waals surface area contributed by atoms with Gasteiger partial charge in [0.15, 0.2) is 0 Å². The van der Waals surface area contributed by atoms with Crippen LogP contribution in [0.2, 0.25) is 0 Å². The van der Waals surface area contributed by atoms with Crippen LogP contribution in [-0.2, 0) is 6.42 Å². The third-order valence-electron chi connectivity index (χ3n) is 4.39. The molecule has 3 heteroatoms. The van der Waals surface area contributed by atoms with Gasteiger partial charge in [0, 0.05) is 11.1 Å². The van der Waals surface area contributed by atoms with Crippen molar-refractivity contribution in [2.45, 2.75) is 26.2 Å². The molecule has 0 amide bonds. The largest absolute Gasteiger partial charge is 0.297 e. The first-order valence-corrected chi connectivity index (χ1v) is 8.11. The fourth-order valence-electron chi connectivity index (χ4n) is 3.25. The standard InChI is InChI=1S/C20H18N2O/c1-2-3-9-15-13-14-8-4-5-10-16(14)19-21-20(23)17-11-6-7-12-18(17)22(15)19/h4-8,10-13H,2-3,9H2,1H3. The molecule has 2 heterocycles. The number of aryl methyl sites for hydroxylation is 1. The van der Waals surface area contributed by atoms with E-state index < -0.39 is 0 Å². The van der Waals surface area contributed by atoms with Crippen LogP contribution >= 0.6 is 0 Å². The van der Waals surface area contributed by atoms with Crippen LogP contribution in [0.5, 0.6) is 0 Å². The van der Waals surface area contributed by atoms with Gasteiger partial charge in [0.25, 0.3) is 5.56 Å². The second kappa shape index (κ2) is 5.51. The molecule has 0 bridgehead atoms. The van der Waals surface area contributed by atoms with Gasteiger partial charge in [-0.25, -0.2) is 0 Å². The molecule has 0 aliphatic heterocycles. The van der Waals surface area contributed by atoms with Crippen LogP contribution in [0.15, 0.2) is 59.4 Å². The maximum absolute atomic E-state index is 12.4. The van der Waals surface area contributed by atoms with E-state index in [1.165, 1.54) is 5.69 Å². The number of fused-ring (bicyclic) bond motifs is 5. The molecule has 0 spiro atoms. The van der Waals surface area contributed by atoms with Crippen molar-refractivity contribution in [3.8, 4) is 0 Å².